The number of sulfonamides is 1. The van der Waals surface area contributed by atoms with Crippen molar-refractivity contribution in [2.75, 3.05) is 25.1 Å². The van der Waals surface area contributed by atoms with Crippen LogP contribution < -0.4 is 9.62 Å². The van der Waals surface area contributed by atoms with Gasteiger partial charge in [0.05, 0.1) is 22.1 Å². The van der Waals surface area contributed by atoms with E-state index in [0.29, 0.717) is 6.61 Å². The Morgan fingerprint density at radius 3 is 2.71 bits per heavy atom. The van der Waals surface area contributed by atoms with Crippen LogP contribution in [-0.4, -0.2) is 40.6 Å². The molecule has 2 aliphatic heterocycles. The van der Waals surface area contributed by atoms with E-state index in [-0.39, 0.29) is 23.5 Å². The first-order chi connectivity index (χ1) is 11.1. The van der Waals surface area contributed by atoms with Gasteiger partial charge in [0.2, 0.25) is 15.9 Å². The number of hydrogen-bond acceptors (Lipinski definition) is 4. The monoisotopic (exact) mass is 352 g/mol. The lowest BCUT2D eigenvalue weighted by Crippen LogP contribution is -2.33. The summed E-state index contributed by atoms with van der Waals surface area (Å²) in [6.45, 7) is 6.46. The van der Waals surface area contributed by atoms with Gasteiger partial charge >= 0.3 is 0 Å². The second kappa shape index (κ2) is 5.82. The molecule has 1 amide bonds. The van der Waals surface area contributed by atoms with E-state index in [0.717, 1.165) is 29.7 Å². The number of amides is 1. The fourth-order valence-electron chi connectivity index (χ4n) is 3.55. The SMILES string of the molecule is Cc1cc(S(=O)(=O)NC[C@@H]2CCCO2)cc2c1N(C)C(=O)C2(C)C. The Morgan fingerprint density at radius 2 is 2.08 bits per heavy atom. The van der Waals surface area contributed by atoms with E-state index in [1.807, 2.05) is 20.8 Å². The number of aryl methyl sites for hydroxylation is 1. The van der Waals surface area contributed by atoms with Crippen molar-refractivity contribution in [2.45, 2.75) is 50.0 Å². The number of anilines is 1. The van der Waals surface area contributed by atoms with E-state index in [4.69, 9.17) is 4.74 Å². The van der Waals surface area contributed by atoms with E-state index < -0.39 is 15.4 Å². The number of carbonyl (C=O) groups is 1. The first kappa shape index (κ1) is 17.4. The third kappa shape index (κ3) is 2.74. The zero-order chi connectivity index (χ0) is 17.7. The molecule has 2 heterocycles. The summed E-state index contributed by atoms with van der Waals surface area (Å²) < 4.78 is 33.4. The second-order valence-corrected chi connectivity index (χ2v) is 8.88. The van der Waals surface area contributed by atoms with Crippen LogP contribution in [0.25, 0.3) is 0 Å². The van der Waals surface area contributed by atoms with Crippen LogP contribution in [0.3, 0.4) is 0 Å². The van der Waals surface area contributed by atoms with Crippen LogP contribution in [0.1, 0.15) is 37.8 Å². The predicted molar refractivity (Wildman–Crippen MR) is 91.8 cm³/mol. The molecule has 132 valence electrons. The molecule has 0 unspecified atom stereocenters. The Labute approximate surface area is 143 Å². The summed E-state index contributed by atoms with van der Waals surface area (Å²) in [4.78, 5) is 14.3. The topological polar surface area (TPSA) is 75.7 Å². The van der Waals surface area contributed by atoms with Gasteiger partial charge in [0.1, 0.15) is 0 Å². The molecule has 0 bridgehead atoms. The van der Waals surface area contributed by atoms with E-state index in [9.17, 15) is 13.2 Å². The molecular weight excluding hydrogens is 328 g/mol. The third-order valence-corrected chi connectivity index (χ3v) is 6.36. The van der Waals surface area contributed by atoms with Crippen molar-refractivity contribution in [2.24, 2.45) is 0 Å². The van der Waals surface area contributed by atoms with Gasteiger partial charge in [-0.1, -0.05) is 0 Å². The molecule has 1 atom stereocenters. The summed E-state index contributed by atoms with van der Waals surface area (Å²) >= 11 is 0. The van der Waals surface area contributed by atoms with Gasteiger partial charge in [0, 0.05) is 20.2 Å². The summed E-state index contributed by atoms with van der Waals surface area (Å²) in [6, 6.07) is 3.25. The van der Waals surface area contributed by atoms with Gasteiger partial charge in [-0.3, -0.25) is 4.79 Å². The summed E-state index contributed by atoms with van der Waals surface area (Å²) in [6.07, 6.45) is 1.78. The number of fused-ring (bicyclic) bond motifs is 1. The summed E-state index contributed by atoms with van der Waals surface area (Å²) in [5, 5.41) is 0. The van der Waals surface area contributed by atoms with E-state index in [2.05, 4.69) is 4.72 Å². The van der Waals surface area contributed by atoms with Gasteiger partial charge in [-0.15, -0.1) is 0 Å². The minimum Gasteiger partial charge on any atom is -0.377 e. The van der Waals surface area contributed by atoms with Crippen molar-refractivity contribution in [3.05, 3.63) is 23.3 Å². The van der Waals surface area contributed by atoms with Crippen molar-refractivity contribution in [3.63, 3.8) is 0 Å². The maximum atomic E-state index is 12.6. The van der Waals surface area contributed by atoms with Crippen LogP contribution >= 0.6 is 0 Å². The second-order valence-electron chi connectivity index (χ2n) is 7.11. The molecule has 1 aromatic rings. The predicted octanol–water partition coefficient (Wildman–Crippen LogP) is 1.71. The van der Waals surface area contributed by atoms with E-state index in [1.165, 1.54) is 0 Å². The average Bonchev–Trinajstić information content (AvgIpc) is 3.09. The third-order valence-electron chi connectivity index (χ3n) is 4.96. The molecule has 7 heteroatoms. The number of likely N-dealkylation sites (N-methyl/N-ethyl adjacent to an activating group) is 1. The molecule has 1 fully saturated rings. The highest BCUT2D eigenvalue weighted by Gasteiger charge is 2.43. The fraction of sp³-hybridized carbons (Fsp3) is 0.588. The summed E-state index contributed by atoms with van der Waals surface area (Å²) in [5.41, 5.74) is 1.62. The van der Waals surface area contributed by atoms with Crippen LogP contribution in [0, 0.1) is 6.92 Å². The zero-order valence-corrected chi connectivity index (χ0v) is 15.4. The molecule has 1 aromatic carbocycles. The first-order valence-electron chi connectivity index (χ1n) is 8.19. The van der Waals surface area contributed by atoms with Crippen LogP contribution in [0.2, 0.25) is 0 Å². The normalized spacial score (nSPS) is 22.9. The average molecular weight is 352 g/mol. The number of ether oxygens (including phenoxy) is 1. The van der Waals surface area contributed by atoms with Gasteiger partial charge in [-0.25, -0.2) is 13.1 Å². The number of carbonyl (C=O) groups excluding carboxylic acids is 1. The molecule has 0 radical (unpaired) electrons. The Kier molecular flexibility index (Phi) is 4.22. The molecular formula is C17H24N2O4S. The van der Waals surface area contributed by atoms with Crippen LogP contribution in [-0.2, 0) is 25.0 Å². The van der Waals surface area contributed by atoms with Crippen LogP contribution in [0.15, 0.2) is 17.0 Å². The quantitative estimate of drug-likeness (QED) is 0.895. The standard InChI is InChI=1S/C17H24N2O4S/c1-11-8-13(24(21,22)18-10-12-6-5-7-23-12)9-14-15(11)19(4)16(20)17(14,2)3/h8-9,12,18H,5-7,10H2,1-4H3/t12-/m0/s1. The first-order valence-corrected chi connectivity index (χ1v) is 9.67. The number of hydrogen-bond donors (Lipinski definition) is 1. The molecule has 0 aromatic heterocycles. The highest BCUT2D eigenvalue weighted by molar-refractivity contribution is 7.89. The Hall–Kier alpha value is -1.44. The fourth-order valence-corrected chi connectivity index (χ4v) is 4.73. The molecule has 0 saturated carbocycles. The van der Waals surface area contributed by atoms with Gasteiger partial charge in [0.15, 0.2) is 0 Å². The number of benzene rings is 1. The van der Waals surface area contributed by atoms with Gasteiger partial charge < -0.3 is 9.64 Å². The Balaban J connectivity index is 1.94. The van der Waals surface area contributed by atoms with Crippen LogP contribution in [0.4, 0.5) is 5.69 Å². The molecule has 1 saturated heterocycles. The molecule has 6 nitrogen and oxygen atoms in total. The highest BCUT2D eigenvalue weighted by atomic mass is 32.2. The molecule has 0 spiro atoms. The lowest BCUT2D eigenvalue weighted by Gasteiger charge is -2.17. The summed E-state index contributed by atoms with van der Waals surface area (Å²) in [5.74, 6) is -0.0255. The minimum absolute atomic E-state index is 0.0255. The van der Waals surface area contributed by atoms with Gasteiger partial charge in [0.25, 0.3) is 0 Å². The smallest absolute Gasteiger partial charge is 0.240 e. The zero-order valence-electron chi connectivity index (χ0n) is 14.5. The summed E-state index contributed by atoms with van der Waals surface area (Å²) in [7, 11) is -1.91. The number of rotatable bonds is 4. The van der Waals surface area contributed by atoms with Crippen molar-refractivity contribution >= 4 is 21.6 Å². The van der Waals surface area contributed by atoms with Gasteiger partial charge in [-0.05, 0) is 56.9 Å². The lowest BCUT2D eigenvalue weighted by atomic mass is 9.85. The van der Waals surface area contributed by atoms with Crippen LogP contribution in [0.5, 0.6) is 0 Å². The largest absolute Gasteiger partial charge is 0.377 e. The highest BCUT2D eigenvalue weighted by Crippen LogP contribution is 2.43. The van der Waals surface area contributed by atoms with E-state index in [1.54, 1.807) is 24.1 Å². The van der Waals surface area contributed by atoms with Crippen molar-refractivity contribution < 1.29 is 17.9 Å². The molecule has 24 heavy (non-hydrogen) atoms. The Morgan fingerprint density at radius 1 is 1.38 bits per heavy atom. The maximum Gasteiger partial charge on any atom is 0.240 e. The Bertz CT molecular complexity index is 780. The number of nitrogens with one attached hydrogen (secondary N) is 1. The van der Waals surface area contributed by atoms with Crippen molar-refractivity contribution in [1.82, 2.24) is 4.72 Å². The van der Waals surface area contributed by atoms with Gasteiger partial charge in [-0.2, -0.15) is 0 Å². The maximum absolute atomic E-state index is 12.6. The number of nitrogens with zero attached hydrogens (tertiary/aromatic N) is 1. The van der Waals surface area contributed by atoms with Crippen molar-refractivity contribution in [3.8, 4) is 0 Å². The van der Waals surface area contributed by atoms with Crippen molar-refractivity contribution in [1.29, 1.82) is 0 Å². The molecule has 2 aliphatic rings. The molecule has 0 aliphatic carbocycles. The van der Waals surface area contributed by atoms with E-state index >= 15 is 0 Å². The molecule has 3 rings (SSSR count). The minimum atomic E-state index is -3.64. The lowest BCUT2D eigenvalue weighted by molar-refractivity contribution is -0.121. The molecule has 1 N–H and O–H groups in total.